The number of benzene rings is 4. The van der Waals surface area contributed by atoms with Gasteiger partial charge in [0.15, 0.2) is 0 Å². The van der Waals surface area contributed by atoms with Crippen LogP contribution in [-0.4, -0.2) is 27.6 Å². The first kappa shape index (κ1) is 34.5. The van der Waals surface area contributed by atoms with Crippen molar-refractivity contribution in [2.75, 3.05) is 0 Å². The number of nitrogens with zero attached hydrogens (tertiary/aromatic N) is 3. The summed E-state index contributed by atoms with van der Waals surface area (Å²) < 4.78 is 8.88. The third-order valence-electron chi connectivity index (χ3n) is 8.98. The molecule has 7 heteroatoms. The minimum absolute atomic E-state index is 0. The zero-order valence-corrected chi connectivity index (χ0v) is 31.9. The van der Waals surface area contributed by atoms with Crippen LogP contribution in [0.2, 0.25) is 0 Å². The van der Waals surface area contributed by atoms with E-state index in [0.717, 1.165) is 49.1 Å². The van der Waals surface area contributed by atoms with Gasteiger partial charge in [0.05, 0.1) is 10.8 Å². The SMILES string of the molecule is CC(C)(C)c1cc(Oc2cc(C(C)(C)C)c3c4ccccc4n(-c4[c-]cccc4)c3n2)nc([Si](O)(c2ccccc2)c2ccccc2)c1.[Pt]. The van der Waals surface area contributed by atoms with Crippen LogP contribution < -0.4 is 20.4 Å². The Hall–Kier alpha value is -4.35. The Kier molecular flexibility index (Phi) is 9.27. The Labute approximate surface area is 304 Å². The van der Waals surface area contributed by atoms with Gasteiger partial charge in [-0.3, -0.25) is 0 Å². The molecule has 7 aromatic rings. The van der Waals surface area contributed by atoms with Crippen molar-refractivity contribution in [2.24, 2.45) is 0 Å². The van der Waals surface area contributed by atoms with Gasteiger partial charge in [0.25, 0.3) is 0 Å². The van der Waals surface area contributed by atoms with Gasteiger partial charge in [-0.25, -0.2) is 4.98 Å². The number of rotatable bonds is 6. The van der Waals surface area contributed by atoms with E-state index >= 15 is 0 Å². The summed E-state index contributed by atoms with van der Waals surface area (Å²) in [5.74, 6) is 0.845. The van der Waals surface area contributed by atoms with Crippen molar-refractivity contribution in [3.63, 3.8) is 0 Å². The molecule has 0 unspecified atom stereocenters. The van der Waals surface area contributed by atoms with E-state index in [4.69, 9.17) is 14.7 Å². The number of aromatic nitrogens is 3. The summed E-state index contributed by atoms with van der Waals surface area (Å²) in [7, 11) is -3.52. The maximum Gasteiger partial charge on any atom is 0.304 e. The molecule has 0 aliphatic rings. The molecule has 0 fully saturated rings. The Bertz CT molecular complexity index is 2200. The van der Waals surface area contributed by atoms with Gasteiger partial charge in [-0.05, 0) is 44.5 Å². The van der Waals surface area contributed by atoms with E-state index < -0.39 is 8.32 Å². The maximum absolute atomic E-state index is 12.8. The Morgan fingerprint density at radius 1 is 0.673 bits per heavy atom. The molecule has 3 heterocycles. The van der Waals surface area contributed by atoms with Gasteiger partial charge in [-0.2, -0.15) is 29.2 Å². The molecular weight excluding hydrogens is 802 g/mol. The molecule has 0 aliphatic heterocycles. The van der Waals surface area contributed by atoms with Crippen LogP contribution in [0.4, 0.5) is 0 Å². The predicted molar refractivity (Wildman–Crippen MR) is 199 cm³/mol. The van der Waals surface area contributed by atoms with Crippen LogP contribution in [0.3, 0.4) is 0 Å². The van der Waals surface area contributed by atoms with E-state index in [2.05, 4.69) is 94.6 Å². The molecule has 3 aromatic heterocycles. The average Bonchev–Trinajstić information content (AvgIpc) is 3.42. The van der Waals surface area contributed by atoms with Crippen molar-refractivity contribution in [2.45, 2.75) is 52.4 Å². The van der Waals surface area contributed by atoms with Crippen LogP contribution in [0.15, 0.2) is 127 Å². The number of para-hydroxylation sites is 2. The summed E-state index contributed by atoms with van der Waals surface area (Å²) in [6.45, 7) is 13.1. The molecule has 0 spiro atoms. The van der Waals surface area contributed by atoms with Crippen molar-refractivity contribution in [1.82, 2.24) is 14.5 Å². The molecule has 0 radical (unpaired) electrons. The van der Waals surface area contributed by atoms with Crippen molar-refractivity contribution in [1.29, 1.82) is 0 Å². The average molecular weight is 842 g/mol. The molecule has 0 amide bonds. The van der Waals surface area contributed by atoms with Crippen LogP contribution in [0.5, 0.6) is 11.8 Å². The van der Waals surface area contributed by atoms with Gasteiger partial charge in [0.2, 0.25) is 11.8 Å². The van der Waals surface area contributed by atoms with Gasteiger partial charge in [-0.1, -0.05) is 126 Å². The van der Waals surface area contributed by atoms with Gasteiger partial charge in [0, 0.05) is 44.0 Å². The van der Waals surface area contributed by atoms with Gasteiger partial charge in [-0.15, -0.1) is 6.07 Å². The van der Waals surface area contributed by atoms with Crippen LogP contribution in [0.1, 0.15) is 52.7 Å². The topological polar surface area (TPSA) is 60.2 Å². The van der Waals surface area contributed by atoms with E-state index in [1.54, 1.807) is 0 Å². The summed E-state index contributed by atoms with van der Waals surface area (Å²) in [6, 6.07) is 45.7. The summed E-state index contributed by atoms with van der Waals surface area (Å²) in [4.78, 5) is 23.1. The monoisotopic (exact) mass is 841 g/mol. The van der Waals surface area contributed by atoms with E-state index in [1.807, 2.05) is 84.9 Å². The molecule has 4 aromatic carbocycles. The second kappa shape index (κ2) is 13.2. The molecule has 0 atom stereocenters. The van der Waals surface area contributed by atoms with Gasteiger partial charge >= 0.3 is 8.32 Å². The minimum atomic E-state index is -3.52. The number of hydrogen-bond donors (Lipinski definition) is 1. The number of hydrogen-bond acceptors (Lipinski definition) is 4. The van der Waals surface area contributed by atoms with E-state index in [1.165, 1.54) is 0 Å². The minimum Gasteiger partial charge on any atom is -0.421 e. The van der Waals surface area contributed by atoms with E-state index in [9.17, 15) is 4.80 Å². The third kappa shape index (κ3) is 6.41. The zero-order valence-electron chi connectivity index (χ0n) is 28.6. The fourth-order valence-corrected chi connectivity index (χ4v) is 9.36. The number of pyridine rings is 2. The maximum atomic E-state index is 12.8. The fourth-order valence-electron chi connectivity index (χ4n) is 6.44. The molecule has 49 heavy (non-hydrogen) atoms. The quantitative estimate of drug-likeness (QED) is 0.138. The molecule has 0 saturated heterocycles. The Balaban J connectivity index is 0.00000417. The molecule has 0 aliphatic carbocycles. The van der Waals surface area contributed by atoms with E-state index in [0.29, 0.717) is 17.1 Å². The largest absolute Gasteiger partial charge is 0.421 e. The van der Waals surface area contributed by atoms with Crippen molar-refractivity contribution in [3.05, 3.63) is 145 Å². The van der Waals surface area contributed by atoms with Crippen LogP contribution in [-0.2, 0) is 31.9 Å². The van der Waals surface area contributed by atoms with Crippen molar-refractivity contribution in [3.8, 4) is 17.4 Å². The first-order valence-electron chi connectivity index (χ1n) is 16.4. The predicted octanol–water partition coefficient (Wildman–Crippen LogP) is 7.72. The van der Waals surface area contributed by atoms with Crippen LogP contribution in [0.25, 0.3) is 27.6 Å². The number of fused-ring (bicyclic) bond motifs is 3. The Morgan fingerprint density at radius 3 is 1.86 bits per heavy atom. The first-order valence-corrected chi connectivity index (χ1v) is 18.4. The van der Waals surface area contributed by atoms with Crippen molar-refractivity contribution >= 4 is 45.9 Å². The summed E-state index contributed by atoms with van der Waals surface area (Å²) in [6.07, 6.45) is 0. The second-order valence-corrected chi connectivity index (χ2v) is 17.5. The molecule has 1 N–H and O–H groups in total. The van der Waals surface area contributed by atoms with Crippen LogP contribution in [0, 0.1) is 6.07 Å². The molecule has 0 saturated carbocycles. The fraction of sp³-hybridized carbons (Fsp3) is 0.190. The van der Waals surface area contributed by atoms with Crippen molar-refractivity contribution < 1.29 is 30.6 Å². The summed E-state index contributed by atoms with van der Waals surface area (Å²) in [5.41, 5.74) is 4.46. The van der Waals surface area contributed by atoms with Crippen LogP contribution >= 0.6 is 0 Å². The second-order valence-electron chi connectivity index (χ2n) is 14.4. The van der Waals surface area contributed by atoms with E-state index in [-0.39, 0.29) is 31.9 Å². The van der Waals surface area contributed by atoms with Gasteiger partial charge in [0.1, 0.15) is 5.65 Å². The molecule has 250 valence electrons. The summed E-state index contributed by atoms with van der Waals surface area (Å²) >= 11 is 0. The smallest absolute Gasteiger partial charge is 0.304 e. The Morgan fingerprint density at radius 2 is 1.27 bits per heavy atom. The number of ether oxygens (including phenoxy) is 1. The first-order chi connectivity index (χ1) is 22.9. The standard InChI is InChI=1S/C42H40N3O2Si.Pt/c1-41(2,3)29-26-36(43-38(27-29)48(46,31-20-12-8-13-21-31)32-22-14-9-15-23-32)47-37-28-34(42(4,5)6)39-33-24-16-17-25-35(33)45(40(39)44-37)30-18-10-7-11-19-30;/h7-18,20-28,46H,1-6H3;/q-1;. The normalized spacial score (nSPS) is 12.2. The zero-order chi connectivity index (χ0) is 33.7. The van der Waals surface area contributed by atoms with Gasteiger partial charge < -0.3 is 14.1 Å². The molecule has 7 rings (SSSR count). The molecule has 5 nitrogen and oxygen atoms in total. The third-order valence-corrected chi connectivity index (χ3v) is 12.3. The molecule has 0 bridgehead atoms. The molecular formula is C42H40N3O2PtSi-. The summed E-state index contributed by atoms with van der Waals surface area (Å²) in [5, 5.41) is 4.56.